The van der Waals surface area contributed by atoms with Crippen molar-refractivity contribution in [1.29, 1.82) is 0 Å². The second kappa shape index (κ2) is 8.56. The van der Waals surface area contributed by atoms with E-state index in [1.165, 1.54) is 6.07 Å². The van der Waals surface area contributed by atoms with Crippen LogP contribution in [0, 0.1) is 12.7 Å². The predicted molar refractivity (Wildman–Crippen MR) is 124 cm³/mol. The molecule has 0 aliphatic rings. The van der Waals surface area contributed by atoms with Gasteiger partial charge in [0.2, 0.25) is 0 Å². The van der Waals surface area contributed by atoms with Crippen molar-refractivity contribution in [3.05, 3.63) is 95.4 Å². The summed E-state index contributed by atoms with van der Waals surface area (Å²) in [5.41, 5.74) is 4.31. The molecule has 160 valence electrons. The van der Waals surface area contributed by atoms with Gasteiger partial charge in [-0.1, -0.05) is 56.3 Å². The Balaban J connectivity index is 1.96. The Morgan fingerprint density at radius 1 is 0.935 bits per heavy atom. The normalized spacial score (nSPS) is 11.8. The van der Waals surface area contributed by atoms with E-state index < -0.39 is 0 Å². The zero-order chi connectivity index (χ0) is 22.0. The highest BCUT2D eigenvalue weighted by molar-refractivity contribution is 5.91. The van der Waals surface area contributed by atoms with Crippen molar-refractivity contribution < 1.29 is 13.9 Å². The number of fused-ring (bicyclic) bond motifs is 1. The quantitative estimate of drug-likeness (QED) is 0.339. The minimum Gasteiger partial charge on any atom is -0.486 e. The van der Waals surface area contributed by atoms with E-state index in [1.54, 1.807) is 14.0 Å². The summed E-state index contributed by atoms with van der Waals surface area (Å²) in [4.78, 5) is 0. The van der Waals surface area contributed by atoms with Gasteiger partial charge in [0, 0.05) is 23.6 Å². The first-order valence-electron chi connectivity index (χ1n) is 10.5. The first-order valence-corrected chi connectivity index (χ1v) is 10.5. The summed E-state index contributed by atoms with van der Waals surface area (Å²) in [5.74, 6) is 0.627. The van der Waals surface area contributed by atoms with Gasteiger partial charge in [0.1, 0.15) is 18.2 Å². The van der Waals surface area contributed by atoms with Crippen molar-refractivity contribution >= 4 is 10.9 Å². The molecule has 31 heavy (non-hydrogen) atoms. The van der Waals surface area contributed by atoms with Crippen LogP contribution in [-0.2, 0) is 16.8 Å². The van der Waals surface area contributed by atoms with Crippen LogP contribution in [0.5, 0.6) is 5.75 Å². The van der Waals surface area contributed by atoms with Crippen LogP contribution in [0.3, 0.4) is 0 Å². The summed E-state index contributed by atoms with van der Waals surface area (Å²) in [5, 5.41) is 1.03. The minimum atomic E-state index is -0.345. The summed E-state index contributed by atoms with van der Waals surface area (Å²) in [7, 11) is 1.71. The summed E-state index contributed by atoms with van der Waals surface area (Å²) < 4.78 is 28.3. The van der Waals surface area contributed by atoms with Gasteiger partial charge >= 0.3 is 0 Å². The van der Waals surface area contributed by atoms with E-state index in [4.69, 9.17) is 9.47 Å². The molecular formula is C27H28FNO2. The number of hydrogen-bond acceptors (Lipinski definition) is 2. The van der Waals surface area contributed by atoms with Gasteiger partial charge in [-0.05, 0) is 48.4 Å². The molecule has 0 aliphatic heterocycles. The van der Waals surface area contributed by atoms with Crippen LogP contribution in [-0.4, -0.2) is 18.3 Å². The number of ether oxygens (including phenoxy) is 2. The molecule has 0 saturated carbocycles. The van der Waals surface area contributed by atoms with E-state index in [0.717, 1.165) is 33.6 Å². The molecule has 0 atom stereocenters. The van der Waals surface area contributed by atoms with E-state index in [0.29, 0.717) is 18.8 Å². The van der Waals surface area contributed by atoms with E-state index in [-0.39, 0.29) is 11.2 Å². The van der Waals surface area contributed by atoms with Gasteiger partial charge in [-0.3, -0.25) is 0 Å². The average Bonchev–Trinajstić information content (AvgIpc) is 3.10. The minimum absolute atomic E-state index is 0.210. The van der Waals surface area contributed by atoms with E-state index in [1.807, 2.05) is 42.5 Å². The second-order valence-corrected chi connectivity index (χ2v) is 8.55. The molecule has 0 bridgehead atoms. The number of methoxy groups -OCH3 is 1. The number of aromatic nitrogens is 1. The molecule has 0 amide bonds. The SMILES string of the molecule is COCC(C)(C)c1c(OCc2ccccc2)c2ccccc2n1-c1ccc(F)c(C)c1. The van der Waals surface area contributed by atoms with Crippen LogP contribution in [0.1, 0.15) is 30.7 Å². The van der Waals surface area contributed by atoms with E-state index in [9.17, 15) is 4.39 Å². The molecule has 4 heteroatoms. The highest BCUT2D eigenvalue weighted by Gasteiger charge is 2.32. The Labute approximate surface area is 183 Å². The first kappa shape index (κ1) is 21.1. The molecule has 0 radical (unpaired) electrons. The molecule has 0 fully saturated rings. The Morgan fingerprint density at radius 3 is 2.35 bits per heavy atom. The second-order valence-electron chi connectivity index (χ2n) is 8.55. The maximum absolute atomic E-state index is 14.0. The van der Waals surface area contributed by atoms with Crippen molar-refractivity contribution in [1.82, 2.24) is 4.57 Å². The monoisotopic (exact) mass is 417 g/mol. The van der Waals surface area contributed by atoms with Gasteiger partial charge < -0.3 is 14.0 Å². The first-order chi connectivity index (χ1) is 14.9. The topological polar surface area (TPSA) is 23.4 Å². The number of aryl methyl sites for hydroxylation is 1. The highest BCUT2D eigenvalue weighted by atomic mass is 19.1. The number of hydrogen-bond donors (Lipinski definition) is 0. The van der Waals surface area contributed by atoms with Crippen molar-refractivity contribution in [2.75, 3.05) is 13.7 Å². The molecule has 0 unspecified atom stereocenters. The largest absolute Gasteiger partial charge is 0.486 e. The molecule has 0 spiro atoms. The van der Waals surface area contributed by atoms with Crippen LogP contribution < -0.4 is 4.74 Å². The zero-order valence-electron chi connectivity index (χ0n) is 18.5. The third kappa shape index (κ3) is 4.08. The van der Waals surface area contributed by atoms with Crippen molar-refractivity contribution in [2.24, 2.45) is 0 Å². The molecule has 1 heterocycles. The molecule has 4 aromatic rings. The molecule has 3 nitrogen and oxygen atoms in total. The van der Waals surface area contributed by atoms with Crippen LogP contribution >= 0.6 is 0 Å². The maximum Gasteiger partial charge on any atom is 0.149 e. The Hall–Kier alpha value is -3.11. The summed E-state index contributed by atoms with van der Waals surface area (Å²) in [6, 6.07) is 23.6. The van der Waals surface area contributed by atoms with E-state index in [2.05, 4.69) is 42.7 Å². The number of rotatable bonds is 7. The van der Waals surface area contributed by atoms with Crippen molar-refractivity contribution in [2.45, 2.75) is 32.8 Å². The average molecular weight is 418 g/mol. The molecule has 0 aliphatic carbocycles. The molecule has 4 rings (SSSR count). The van der Waals surface area contributed by atoms with E-state index >= 15 is 0 Å². The molecule has 0 saturated heterocycles. The third-order valence-electron chi connectivity index (χ3n) is 5.60. The molecule has 0 N–H and O–H groups in total. The number of nitrogens with zero attached hydrogens (tertiary/aromatic N) is 1. The van der Waals surface area contributed by atoms with Gasteiger partial charge in [-0.25, -0.2) is 4.39 Å². The molecule has 3 aromatic carbocycles. The fourth-order valence-corrected chi connectivity index (χ4v) is 4.16. The lowest BCUT2D eigenvalue weighted by atomic mass is 9.89. The Morgan fingerprint density at radius 2 is 1.65 bits per heavy atom. The van der Waals surface area contributed by atoms with Crippen LogP contribution in [0.25, 0.3) is 16.6 Å². The lowest BCUT2D eigenvalue weighted by molar-refractivity contribution is 0.141. The van der Waals surface area contributed by atoms with Crippen molar-refractivity contribution in [3.8, 4) is 11.4 Å². The molecular weight excluding hydrogens is 389 g/mol. The van der Waals surface area contributed by atoms with Crippen molar-refractivity contribution in [3.63, 3.8) is 0 Å². The molecule has 1 aromatic heterocycles. The van der Waals surface area contributed by atoms with Crippen LogP contribution in [0.4, 0.5) is 4.39 Å². The lowest BCUT2D eigenvalue weighted by Crippen LogP contribution is -2.27. The van der Waals surface area contributed by atoms with Gasteiger partial charge in [-0.2, -0.15) is 0 Å². The Kier molecular flexibility index (Phi) is 5.84. The van der Waals surface area contributed by atoms with Crippen LogP contribution in [0.15, 0.2) is 72.8 Å². The van der Waals surface area contributed by atoms with Gasteiger partial charge in [0.05, 0.1) is 17.8 Å². The fraction of sp³-hybridized carbons (Fsp3) is 0.259. The highest BCUT2D eigenvalue weighted by Crippen LogP contribution is 2.43. The standard InChI is InChI=1S/C27H28FNO2/c1-19-16-21(14-15-23(19)28)29-24-13-9-8-12-22(24)25(26(29)27(2,3)18-30-4)31-17-20-10-6-5-7-11-20/h5-16H,17-18H2,1-4H3. The summed E-state index contributed by atoms with van der Waals surface area (Å²) >= 11 is 0. The number of para-hydroxylation sites is 1. The van der Waals surface area contributed by atoms with Gasteiger partial charge in [0.25, 0.3) is 0 Å². The number of halogens is 1. The predicted octanol–water partition coefficient (Wildman–Crippen LogP) is 6.58. The third-order valence-corrected chi connectivity index (χ3v) is 5.60. The maximum atomic E-state index is 14.0. The van der Waals surface area contributed by atoms with Gasteiger partial charge in [0.15, 0.2) is 0 Å². The van der Waals surface area contributed by atoms with Gasteiger partial charge in [-0.15, -0.1) is 0 Å². The number of benzene rings is 3. The summed E-state index contributed by atoms with van der Waals surface area (Å²) in [6.45, 7) is 7.07. The lowest BCUT2D eigenvalue weighted by Gasteiger charge is -2.28. The smallest absolute Gasteiger partial charge is 0.149 e. The van der Waals surface area contributed by atoms with Crippen LogP contribution in [0.2, 0.25) is 0 Å². The Bertz CT molecular complexity index is 1190. The fourth-order valence-electron chi connectivity index (χ4n) is 4.16. The summed E-state index contributed by atoms with van der Waals surface area (Å²) in [6.07, 6.45) is 0. The zero-order valence-corrected chi connectivity index (χ0v) is 18.5.